The summed E-state index contributed by atoms with van der Waals surface area (Å²) in [5.74, 6) is -1.22. The molecule has 13 heteroatoms. The summed E-state index contributed by atoms with van der Waals surface area (Å²) in [6.45, 7) is -3.80. The molecule has 0 bridgehead atoms. The first-order valence-corrected chi connectivity index (χ1v) is 9.88. The molecule has 0 aromatic heterocycles. The maximum absolute atomic E-state index is 12.6. The first kappa shape index (κ1) is 24.1. The summed E-state index contributed by atoms with van der Waals surface area (Å²) in [5, 5.41) is 0.323. The first-order chi connectivity index (χ1) is 13.8. The zero-order valence-corrected chi connectivity index (χ0v) is 16.4. The lowest BCUT2D eigenvalue weighted by Crippen LogP contribution is -2.25. The molecule has 0 radical (unpaired) electrons. The van der Waals surface area contributed by atoms with Crippen LogP contribution in [0.15, 0.2) is 47.4 Å². The van der Waals surface area contributed by atoms with Gasteiger partial charge >= 0.3 is 12.4 Å². The molecular weight excluding hydrogens is 464 g/mol. The van der Waals surface area contributed by atoms with Crippen molar-refractivity contribution < 1.29 is 44.2 Å². The fraction of sp³-hybridized carbons (Fsp3) is 0.294. The van der Waals surface area contributed by atoms with Crippen molar-refractivity contribution in [3.8, 4) is 11.5 Å². The van der Waals surface area contributed by atoms with Crippen LogP contribution in [-0.4, -0.2) is 34.0 Å². The molecule has 1 N–H and O–H groups in total. The Bertz CT molecular complexity index is 979. The second-order valence-electron chi connectivity index (χ2n) is 5.87. The summed E-state index contributed by atoms with van der Waals surface area (Å²) in [6.07, 6.45) is -9.46. The van der Waals surface area contributed by atoms with E-state index in [2.05, 4.69) is 14.2 Å². The Kier molecular flexibility index (Phi) is 7.48. The molecule has 0 fully saturated rings. The number of sulfonamides is 1. The Labute approximate surface area is 172 Å². The van der Waals surface area contributed by atoms with Gasteiger partial charge in [-0.05, 0) is 29.8 Å². The molecular formula is C17H14ClF6NO4S. The molecule has 5 nitrogen and oxygen atoms in total. The number of hydrogen-bond donors (Lipinski definition) is 1. The van der Waals surface area contributed by atoms with Crippen molar-refractivity contribution in [3.05, 3.63) is 53.1 Å². The summed E-state index contributed by atoms with van der Waals surface area (Å²) >= 11 is 5.80. The topological polar surface area (TPSA) is 64.6 Å². The highest BCUT2D eigenvalue weighted by Gasteiger charge is 2.31. The van der Waals surface area contributed by atoms with Gasteiger partial charge < -0.3 is 9.47 Å². The minimum Gasteiger partial charge on any atom is -0.484 e. The van der Waals surface area contributed by atoms with Crippen molar-refractivity contribution in [2.75, 3.05) is 13.2 Å². The fourth-order valence-corrected chi connectivity index (χ4v) is 3.52. The molecule has 0 unspecified atom stereocenters. The predicted octanol–water partition coefficient (Wildman–Crippen LogP) is 4.70. The van der Waals surface area contributed by atoms with Crippen molar-refractivity contribution in [3.63, 3.8) is 0 Å². The first-order valence-electron chi connectivity index (χ1n) is 8.02. The largest absolute Gasteiger partial charge is 0.484 e. The average molecular weight is 478 g/mol. The number of hydrogen-bond acceptors (Lipinski definition) is 4. The summed E-state index contributed by atoms with van der Waals surface area (Å²) in [4.78, 5) is -0.812. The van der Waals surface area contributed by atoms with Gasteiger partial charge in [-0.25, -0.2) is 13.1 Å². The monoisotopic (exact) mass is 477 g/mol. The van der Waals surface area contributed by atoms with Crippen molar-refractivity contribution >= 4 is 21.6 Å². The highest BCUT2D eigenvalue weighted by molar-refractivity contribution is 7.89. The van der Waals surface area contributed by atoms with Crippen LogP contribution in [0.3, 0.4) is 0 Å². The number of halogens is 7. The third-order valence-corrected chi connectivity index (χ3v) is 5.01. The van der Waals surface area contributed by atoms with E-state index in [1.54, 1.807) is 18.2 Å². The van der Waals surface area contributed by atoms with Gasteiger partial charge in [0, 0.05) is 17.6 Å². The highest BCUT2D eigenvalue weighted by Crippen LogP contribution is 2.31. The molecule has 0 aliphatic rings. The molecule has 0 amide bonds. The Balaban J connectivity index is 2.30. The van der Waals surface area contributed by atoms with Gasteiger partial charge in [0.25, 0.3) is 0 Å². The smallest absolute Gasteiger partial charge is 0.422 e. The predicted molar refractivity (Wildman–Crippen MR) is 95.0 cm³/mol. The summed E-state index contributed by atoms with van der Waals surface area (Å²) in [6, 6.07) is 8.39. The number of ether oxygens (including phenoxy) is 2. The molecule has 30 heavy (non-hydrogen) atoms. The zero-order chi connectivity index (χ0) is 22.6. The minimum absolute atomic E-state index is 0.282. The van der Waals surface area contributed by atoms with Gasteiger partial charge in [0.2, 0.25) is 10.0 Å². The molecule has 0 spiro atoms. The SMILES string of the molecule is O=S(=O)(NCc1cccc(Cl)c1)c1cc(OCC(F)(F)F)ccc1OCC(F)(F)F. The van der Waals surface area contributed by atoms with E-state index >= 15 is 0 Å². The van der Waals surface area contributed by atoms with Crippen LogP contribution in [0.25, 0.3) is 0 Å². The Morgan fingerprint density at radius 2 is 1.53 bits per heavy atom. The van der Waals surface area contributed by atoms with E-state index in [0.29, 0.717) is 16.7 Å². The molecule has 0 saturated heterocycles. The van der Waals surface area contributed by atoms with Gasteiger partial charge in [0.15, 0.2) is 13.2 Å². The molecule has 2 aromatic rings. The molecule has 0 saturated carbocycles. The van der Waals surface area contributed by atoms with Crippen molar-refractivity contribution in [2.24, 2.45) is 0 Å². The molecule has 2 rings (SSSR count). The maximum atomic E-state index is 12.6. The van der Waals surface area contributed by atoms with E-state index in [1.807, 2.05) is 0 Å². The Morgan fingerprint density at radius 1 is 0.900 bits per heavy atom. The van der Waals surface area contributed by atoms with Crippen molar-refractivity contribution in [2.45, 2.75) is 23.8 Å². The van der Waals surface area contributed by atoms with Crippen LogP contribution < -0.4 is 14.2 Å². The number of benzene rings is 2. The van der Waals surface area contributed by atoms with Gasteiger partial charge in [-0.15, -0.1) is 0 Å². The van der Waals surface area contributed by atoms with Crippen LogP contribution in [-0.2, 0) is 16.6 Å². The normalized spacial score (nSPS) is 12.6. The van der Waals surface area contributed by atoms with Gasteiger partial charge in [-0.1, -0.05) is 23.7 Å². The van der Waals surface area contributed by atoms with E-state index in [4.69, 9.17) is 11.6 Å². The van der Waals surface area contributed by atoms with Crippen LogP contribution in [0, 0.1) is 0 Å². The summed E-state index contributed by atoms with van der Waals surface area (Å²) in [5.41, 5.74) is 0.438. The van der Waals surface area contributed by atoms with E-state index in [1.165, 1.54) is 6.07 Å². The van der Waals surface area contributed by atoms with Crippen molar-refractivity contribution in [1.82, 2.24) is 4.72 Å². The Hall–Kier alpha value is -2.18. The molecule has 0 heterocycles. The molecule has 166 valence electrons. The van der Waals surface area contributed by atoms with Crippen LogP contribution in [0.5, 0.6) is 11.5 Å². The lowest BCUT2D eigenvalue weighted by molar-refractivity contribution is -0.154. The third kappa shape index (κ3) is 7.92. The molecule has 0 aliphatic heterocycles. The highest BCUT2D eigenvalue weighted by atomic mass is 35.5. The van der Waals surface area contributed by atoms with Crippen molar-refractivity contribution in [1.29, 1.82) is 0 Å². The van der Waals surface area contributed by atoms with E-state index < -0.39 is 52.0 Å². The minimum atomic E-state index is -4.76. The third-order valence-electron chi connectivity index (χ3n) is 3.35. The maximum Gasteiger partial charge on any atom is 0.422 e. The molecule has 2 aromatic carbocycles. The second kappa shape index (κ2) is 9.31. The molecule has 0 atom stereocenters. The van der Waals surface area contributed by atoms with Gasteiger partial charge in [-0.2, -0.15) is 26.3 Å². The van der Waals surface area contributed by atoms with E-state index in [-0.39, 0.29) is 6.54 Å². The number of nitrogens with one attached hydrogen (secondary N) is 1. The fourth-order valence-electron chi connectivity index (χ4n) is 2.14. The van der Waals surface area contributed by atoms with Crippen LogP contribution in [0.1, 0.15) is 5.56 Å². The average Bonchev–Trinajstić information content (AvgIpc) is 2.62. The van der Waals surface area contributed by atoms with E-state index in [9.17, 15) is 34.8 Å². The van der Waals surface area contributed by atoms with Crippen LogP contribution >= 0.6 is 11.6 Å². The van der Waals surface area contributed by atoms with Gasteiger partial charge in [0.05, 0.1) is 0 Å². The lowest BCUT2D eigenvalue weighted by Gasteiger charge is -2.16. The zero-order valence-electron chi connectivity index (χ0n) is 14.8. The van der Waals surface area contributed by atoms with E-state index in [0.717, 1.165) is 12.1 Å². The Morgan fingerprint density at radius 3 is 2.13 bits per heavy atom. The lowest BCUT2D eigenvalue weighted by atomic mass is 10.2. The van der Waals surface area contributed by atoms with Gasteiger partial charge in [0.1, 0.15) is 16.4 Å². The van der Waals surface area contributed by atoms with Crippen LogP contribution in [0.2, 0.25) is 5.02 Å². The summed E-state index contributed by atoms with van der Waals surface area (Å²) < 4.78 is 111. The second-order valence-corrected chi connectivity index (χ2v) is 8.04. The quantitative estimate of drug-likeness (QED) is 0.560. The summed E-state index contributed by atoms with van der Waals surface area (Å²) in [7, 11) is -4.49. The van der Waals surface area contributed by atoms with Crippen LogP contribution in [0.4, 0.5) is 26.3 Å². The van der Waals surface area contributed by atoms with Gasteiger partial charge in [-0.3, -0.25) is 0 Å². The standard InChI is InChI=1S/C17H14ClF6NO4S/c18-12-3-1-2-11(6-12)8-25-30(26,27)15-7-13(28-9-16(19,20)21)4-5-14(15)29-10-17(22,23)24/h1-7,25H,8-10H2. The number of rotatable bonds is 8. The molecule has 0 aliphatic carbocycles. The number of alkyl halides is 6.